The predicted octanol–water partition coefficient (Wildman–Crippen LogP) is 37.2. The first-order valence-corrected chi connectivity index (χ1v) is 44.4. The van der Waals surface area contributed by atoms with Crippen LogP contribution in [0.25, 0.3) is 264 Å². The molecule has 27 rings (SSSR count). The van der Waals surface area contributed by atoms with Crippen LogP contribution in [0, 0.1) is 0 Å². The summed E-state index contributed by atoms with van der Waals surface area (Å²) in [7, 11) is 0. The van der Waals surface area contributed by atoms with Crippen molar-refractivity contribution in [2.24, 2.45) is 0 Å². The predicted molar refractivity (Wildman–Crippen MR) is 563 cm³/mol. The molecule has 0 radical (unpaired) electrons. The molecule has 0 fully saturated rings. The minimum absolute atomic E-state index is 0.203. The Bertz CT molecular complexity index is 10000. The topological polar surface area (TPSA) is 39.4 Å². The van der Waals surface area contributed by atoms with Gasteiger partial charge in [-0.3, -0.25) is 0 Å². The largest absolute Gasteiger partial charge is 0.456 e. The summed E-state index contributed by atoms with van der Waals surface area (Å²) in [5.41, 5.74) is 24.6. The highest BCUT2D eigenvalue weighted by molar-refractivity contribution is 6.26. The van der Waals surface area contributed by atoms with Crippen molar-refractivity contribution in [1.29, 1.82) is 0 Å². The number of hydrogen-bond acceptors (Lipinski definition) is 3. The summed E-state index contributed by atoms with van der Waals surface area (Å²) in [4.78, 5) is 0. The molecular formula is C130H82O3. The second kappa shape index (κ2) is 33.0. The molecule has 0 aliphatic rings. The molecule has 620 valence electrons. The lowest BCUT2D eigenvalue weighted by Gasteiger charge is -2.19. The zero-order valence-electron chi connectivity index (χ0n) is 86.4. The van der Waals surface area contributed by atoms with Crippen molar-refractivity contribution in [3.63, 3.8) is 0 Å². The van der Waals surface area contributed by atoms with Crippen LogP contribution in [0.4, 0.5) is 0 Å². The van der Waals surface area contributed by atoms with E-state index < -0.39 is 18.1 Å². The van der Waals surface area contributed by atoms with Gasteiger partial charge in [-0.05, 0) is 253 Å². The van der Waals surface area contributed by atoms with E-state index in [1.54, 1.807) is 0 Å². The highest BCUT2D eigenvalue weighted by atomic mass is 16.3. The lowest BCUT2D eigenvalue weighted by molar-refractivity contribution is 0.668. The maximum Gasteiger partial charge on any atom is 0.136 e. The molecule has 0 spiro atoms. The molecule has 0 unspecified atom stereocenters. The van der Waals surface area contributed by atoms with Crippen LogP contribution in [-0.2, 0) is 0 Å². The van der Waals surface area contributed by atoms with Crippen molar-refractivity contribution in [2.75, 3.05) is 0 Å². The molecule has 3 aromatic heterocycles. The van der Waals surface area contributed by atoms with Gasteiger partial charge >= 0.3 is 0 Å². The van der Waals surface area contributed by atoms with E-state index in [1.165, 1.54) is 5.39 Å². The van der Waals surface area contributed by atoms with Crippen molar-refractivity contribution >= 4 is 141 Å². The average molecular weight is 1710 g/mol. The molecule has 24 aromatic carbocycles. The SMILES string of the molecule is [2H]c1c([2H])c([2H])c(-c2c3ccccc3c(-c3cccc(-c4ccc5oc6ccccc6c5c4)c3)c3ccccc23)c([2H])c1[2H].[2H]c1c([2H])c([2H])c(-c2c3ccccc3c(-c3cccc(-c4ccc5oc6ccccc6c5c4-c4ccc5ccccc5c4)c3)c3ccccc23)c([2H])c1[2H].[2H]c1c([2H])c([2H])c(-c2c3ccccc3c(-c3cccc(-c4ccc5oc6ccccc6c5c4-c4ccccc4)c3)c3ccccc23)c([2H])c1[2H]. The van der Waals surface area contributed by atoms with E-state index >= 15 is 0 Å². The molecule has 0 bridgehead atoms. The third-order valence-electron chi connectivity index (χ3n) is 26.0. The lowest BCUT2D eigenvalue weighted by atomic mass is 9.84. The zero-order chi connectivity index (χ0) is 101. The molecule has 0 amide bonds. The Kier molecular flexibility index (Phi) is 15.7. The van der Waals surface area contributed by atoms with E-state index in [9.17, 15) is 0 Å². The molecule has 0 aliphatic carbocycles. The number of para-hydroxylation sites is 3. The summed E-state index contributed by atoms with van der Waals surface area (Å²) in [6, 6.07) is 134. The molecule has 0 atom stereocenters. The Hall–Kier alpha value is -17.5. The molecule has 0 N–H and O–H groups in total. The van der Waals surface area contributed by atoms with Crippen molar-refractivity contribution in [1.82, 2.24) is 0 Å². The summed E-state index contributed by atoms with van der Waals surface area (Å²) < 4.78 is 147. The fraction of sp³-hybridized carbons (Fsp3) is 0. The van der Waals surface area contributed by atoms with Crippen LogP contribution in [0.2, 0.25) is 0 Å². The van der Waals surface area contributed by atoms with Crippen molar-refractivity contribution in [2.45, 2.75) is 0 Å². The van der Waals surface area contributed by atoms with Gasteiger partial charge in [-0.1, -0.05) is 430 Å². The second-order valence-electron chi connectivity index (χ2n) is 33.4. The van der Waals surface area contributed by atoms with E-state index in [-0.39, 0.29) is 89.2 Å². The molecule has 0 saturated carbocycles. The Balaban J connectivity index is 0.000000116. The number of rotatable bonds is 11. The minimum Gasteiger partial charge on any atom is -0.456 e. The van der Waals surface area contributed by atoms with Gasteiger partial charge in [-0.15, -0.1) is 0 Å². The van der Waals surface area contributed by atoms with E-state index in [0.29, 0.717) is 16.7 Å². The van der Waals surface area contributed by atoms with Crippen LogP contribution in [0.1, 0.15) is 20.6 Å². The van der Waals surface area contributed by atoms with E-state index in [2.05, 4.69) is 224 Å². The number of fused-ring (bicyclic) bond motifs is 16. The Morgan fingerprint density at radius 3 is 0.805 bits per heavy atom. The van der Waals surface area contributed by atoms with E-state index in [1.807, 2.05) is 182 Å². The van der Waals surface area contributed by atoms with Gasteiger partial charge in [0, 0.05) is 43.4 Å². The Morgan fingerprint density at radius 2 is 0.398 bits per heavy atom. The van der Waals surface area contributed by atoms with Crippen LogP contribution >= 0.6 is 0 Å². The molecule has 3 nitrogen and oxygen atoms in total. The van der Waals surface area contributed by atoms with Crippen LogP contribution in [0.5, 0.6) is 0 Å². The normalized spacial score (nSPS) is 13.2. The van der Waals surface area contributed by atoms with Gasteiger partial charge in [0.05, 0.1) is 20.6 Å². The summed E-state index contributed by atoms with van der Waals surface area (Å²) in [5.74, 6) is 0. The number of hydrogen-bond donors (Lipinski definition) is 0. The standard InChI is InChI=1S/C48H30O.C44H28O.C38H24O/c1-2-14-32(15-3-1)45-38-19-6-8-21-40(38)46(41-22-9-7-20-39(41)45)35-18-12-17-34(30-35)37-27-28-44-48(42-23-10-11-24-43(42)49-44)47(37)36-26-25-31-13-4-5-16-33(31)29-36;1-3-14-29(15-4-1)41-34-20-7-9-22-36(34)42(37-23-10-8-21-35(37)41)32-19-13-18-31(28-32)33-26-27-40-44(38-24-11-12-25-39(38)45-40)43(33)30-16-5-2-6-17-30;1-2-11-25(12-3-1)37-30-16-4-6-18-32(30)38(33-19-7-5-17-31(33)37)28-14-10-13-26(23-28)27-21-22-36-34(24-27)29-15-8-9-20-35(29)39-36/h1-30H;1-28H;1-24H/i1D,2D,3D,14D,15D;1D,3D,4D,14D,15D;1D,2D,3D,11D,12D. The van der Waals surface area contributed by atoms with Gasteiger partial charge < -0.3 is 13.3 Å². The minimum atomic E-state index is -0.402. The number of furan rings is 3. The quantitative estimate of drug-likeness (QED) is 0.121. The van der Waals surface area contributed by atoms with Crippen LogP contribution in [0.15, 0.2) is 510 Å². The molecule has 0 saturated heterocycles. The molecule has 3 heterocycles. The van der Waals surface area contributed by atoms with Crippen LogP contribution in [-0.4, -0.2) is 0 Å². The smallest absolute Gasteiger partial charge is 0.136 e. The first kappa shape index (κ1) is 63.4. The zero-order valence-corrected chi connectivity index (χ0v) is 71.4. The van der Waals surface area contributed by atoms with Crippen molar-refractivity contribution in [3.8, 4) is 122 Å². The average Bonchev–Trinajstić information content (AvgIpc) is 1.39. The second-order valence-corrected chi connectivity index (χ2v) is 33.4. The van der Waals surface area contributed by atoms with Gasteiger partial charge in [-0.25, -0.2) is 0 Å². The van der Waals surface area contributed by atoms with Gasteiger partial charge in [-0.2, -0.15) is 0 Å². The molecular weight excluding hydrogens is 1610 g/mol. The van der Waals surface area contributed by atoms with Gasteiger partial charge in [0.15, 0.2) is 0 Å². The lowest BCUT2D eigenvalue weighted by Crippen LogP contribution is -1.92. The molecule has 27 aromatic rings. The summed E-state index contributed by atoms with van der Waals surface area (Å²) in [5, 5.41) is 19.3. The van der Waals surface area contributed by atoms with Gasteiger partial charge in [0.2, 0.25) is 0 Å². The third-order valence-corrected chi connectivity index (χ3v) is 26.0. The fourth-order valence-electron chi connectivity index (χ4n) is 20.4. The first-order valence-electron chi connectivity index (χ1n) is 51.9. The molecule has 0 aliphatic heterocycles. The maximum absolute atomic E-state index is 8.92. The van der Waals surface area contributed by atoms with Gasteiger partial charge in [0.25, 0.3) is 0 Å². The van der Waals surface area contributed by atoms with Crippen molar-refractivity contribution in [3.05, 3.63) is 497 Å². The maximum atomic E-state index is 8.92. The van der Waals surface area contributed by atoms with Crippen LogP contribution < -0.4 is 0 Å². The van der Waals surface area contributed by atoms with E-state index in [4.69, 9.17) is 33.8 Å². The fourth-order valence-corrected chi connectivity index (χ4v) is 20.4. The van der Waals surface area contributed by atoms with Crippen molar-refractivity contribution < 1.29 is 33.8 Å². The highest BCUT2D eigenvalue weighted by Gasteiger charge is 2.26. The van der Waals surface area contributed by atoms with Gasteiger partial charge in [0.1, 0.15) is 33.5 Å². The number of benzene rings is 24. The first-order chi connectivity index (χ1) is 72.2. The molecule has 133 heavy (non-hydrogen) atoms. The highest BCUT2D eigenvalue weighted by Crippen LogP contribution is 2.52. The Morgan fingerprint density at radius 1 is 0.135 bits per heavy atom. The summed E-state index contributed by atoms with van der Waals surface area (Å²) in [6.45, 7) is 0. The monoisotopic (exact) mass is 1710 g/mol. The summed E-state index contributed by atoms with van der Waals surface area (Å²) >= 11 is 0. The third kappa shape index (κ3) is 13.6. The van der Waals surface area contributed by atoms with Crippen LogP contribution in [0.3, 0.4) is 0 Å². The summed E-state index contributed by atoms with van der Waals surface area (Å²) in [6.07, 6.45) is 0. The Labute approximate surface area is 790 Å². The van der Waals surface area contributed by atoms with E-state index in [0.717, 1.165) is 225 Å². The molecule has 3 heteroatoms.